The van der Waals surface area contributed by atoms with E-state index in [9.17, 15) is 4.79 Å². The zero-order valence-corrected chi connectivity index (χ0v) is 18.5. The first-order valence-electron chi connectivity index (χ1n) is 9.36. The third-order valence-electron chi connectivity index (χ3n) is 4.52. The molecule has 7 heteroatoms. The Hall–Kier alpha value is -2.54. The van der Waals surface area contributed by atoms with Gasteiger partial charge in [-0.3, -0.25) is 4.79 Å². The molecule has 0 saturated carbocycles. The molecule has 0 aliphatic carbocycles. The molecule has 1 N–H and O–H groups in total. The standard InChI is InChI=1S/C23H18ClNO3S2/c1-2-27-19-11-14(12-20-22(26)25-23(29)30-20)10-18(24)21(19)28-13-16-8-5-7-15-6-3-4-9-17(15)16/h3-12H,2,13H2,1H3,(H,25,26,29)/b20-12+. The summed E-state index contributed by atoms with van der Waals surface area (Å²) in [6.45, 7) is 2.71. The van der Waals surface area contributed by atoms with Crippen LogP contribution in [-0.2, 0) is 11.4 Å². The molecular formula is C23H18ClNO3S2. The summed E-state index contributed by atoms with van der Waals surface area (Å²) in [7, 11) is 0. The molecule has 30 heavy (non-hydrogen) atoms. The number of halogens is 1. The van der Waals surface area contributed by atoms with E-state index in [2.05, 4.69) is 23.5 Å². The Bertz CT molecular complexity index is 1170. The van der Waals surface area contributed by atoms with Crippen LogP contribution in [0.3, 0.4) is 0 Å². The smallest absolute Gasteiger partial charge is 0.263 e. The second kappa shape index (κ2) is 9.08. The molecule has 1 saturated heterocycles. The van der Waals surface area contributed by atoms with Gasteiger partial charge in [0.2, 0.25) is 0 Å². The summed E-state index contributed by atoms with van der Waals surface area (Å²) in [6, 6.07) is 17.9. The zero-order chi connectivity index (χ0) is 21.1. The molecule has 4 nitrogen and oxygen atoms in total. The first kappa shape index (κ1) is 20.7. The molecule has 1 fully saturated rings. The van der Waals surface area contributed by atoms with Gasteiger partial charge in [0.15, 0.2) is 11.5 Å². The highest BCUT2D eigenvalue weighted by Gasteiger charge is 2.22. The Morgan fingerprint density at radius 3 is 2.70 bits per heavy atom. The average molecular weight is 456 g/mol. The number of rotatable bonds is 6. The van der Waals surface area contributed by atoms with Crippen LogP contribution in [-0.4, -0.2) is 16.8 Å². The summed E-state index contributed by atoms with van der Waals surface area (Å²) in [5, 5.41) is 5.31. The topological polar surface area (TPSA) is 47.6 Å². The van der Waals surface area contributed by atoms with Gasteiger partial charge in [-0.2, -0.15) is 0 Å². The molecule has 0 radical (unpaired) electrons. The Kier molecular flexibility index (Phi) is 6.27. The van der Waals surface area contributed by atoms with Gasteiger partial charge in [-0.15, -0.1) is 0 Å². The third kappa shape index (κ3) is 4.46. The van der Waals surface area contributed by atoms with E-state index in [1.54, 1.807) is 12.1 Å². The quantitative estimate of drug-likeness (QED) is 0.367. The van der Waals surface area contributed by atoms with Crippen LogP contribution in [0.4, 0.5) is 0 Å². The molecule has 4 rings (SSSR count). The second-order valence-corrected chi connectivity index (χ2v) is 8.67. The maximum atomic E-state index is 11.9. The lowest BCUT2D eigenvalue weighted by Crippen LogP contribution is -2.17. The van der Waals surface area contributed by atoms with Crippen molar-refractivity contribution in [3.05, 3.63) is 75.7 Å². The molecular weight excluding hydrogens is 438 g/mol. The monoisotopic (exact) mass is 455 g/mol. The van der Waals surface area contributed by atoms with E-state index in [0.29, 0.717) is 39.0 Å². The van der Waals surface area contributed by atoms with Gasteiger partial charge in [0.1, 0.15) is 10.9 Å². The van der Waals surface area contributed by atoms with Gasteiger partial charge in [-0.05, 0) is 47.0 Å². The van der Waals surface area contributed by atoms with Crippen LogP contribution in [0.2, 0.25) is 5.02 Å². The van der Waals surface area contributed by atoms with Crippen LogP contribution < -0.4 is 14.8 Å². The molecule has 1 aliphatic heterocycles. The van der Waals surface area contributed by atoms with Crippen molar-refractivity contribution < 1.29 is 14.3 Å². The largest absolute Gasteiger partial charge is 0.490 e. The van der Waals surface area contributed by atoms with Gasteiger partial charge in [-0.1, -0.05) is 78.0 Å². The molecule has 3 aromatic carbocycles. The predicted octanol–water partition coefficient (Wildman–Crippen LogP) is 5.96. The fourth-order valence-electron chi connectivity index (χ4n) is 3.21. The number of fused-ring (bicyclic) bond motifs is 1. The number of hydrogen-bond acceptors (Lipinski definition) is 5. The van der Waals surface area contributed by atoms with Crippen LogP contribution in [0.15, 0.2) is 59.5 Å². The molecule has 3 aromatic rings. The Balaban J connectivity index is 1.63. The van der Waals surface area contributed by atoms with Crippen molar-refractivity contribution in [2.24, 2.45) is 0 Å². The number of thioether (sulfide) groups is 1. The number of amides is 1. The summed E-state index contributed by atoms with van der Waals surface area (Å²) in [5.74, 6) is 0.797. The van der Waals surface area contributed by atoms with Crippen molar-refractivity contribution >= 4 is 62.7 Å². The summed E-state index contributed by atoms with van der Waals surface area (Å²) < 4.78 is 12.3. The summed E-state index contributed by atoms with van der Waals surface area (Å²) in [4.78, 5) is 12.5. The Morgan fingerprint density at radius 1 is 1.13 bits per heavy atom. The lowest BCUT2D eigenvalue weighted by molar-refractivity contribution is -0.115. The molecule has 1 amide bonds. The van der Waals surface area contributed by atoms with Crippen LogP contribution in [0.5, 0.6) is 11.5 Å². The number of thiocarbonyl (C=S) groups is 1. The molecule has 0 atom stereocenters. The van der Waals surface area contributed by atoms with Crippen molar-refractivity contribution in [1.82, 2.24) is 5.32 Å². The van der Waals surface area contributed by atoms with Crippen molar-refractivity contribution in [1.29, 1.82) is 0 Å². The van der Waals surface area contributed by atoms with E-state index >= 15 is 0 Å². The number of carbonyl (C=O) groups is 1. The highest BCUT2D eigenvalue weighted by molar-refractivity contribution is 8.26. The summed E-state index contributed by atoms with van der Waals surface area (Å²) >= 11 is 12.8. The SMILES string of the molecule is CCOc1cc(/C=C2/SC(=S)NC2=O)cc(Cl)c1OCc1cccc2ccccc12. The zero-order valence-electron chi connectivity index (χ0n) is 16.1. The molecule has 1 aliphatic rings. The average Bonchev–Trinajstić information content (AvgIpc) is 3.04. The molecule has 152 valence electrons. The third-order valence-corrected chi connectivity index (χ3v) is 5.97. The van der Waals surface area contributed by atoms with E-state index in [1.165, 1.54) is 11.8 Å². The number of hydrogen-bond donors (Lipinski definition) is 1. The molecule has 0 unspecified atom stereocenters. The highest BCUT2D eigenvalue weighted by atomic mass is 35.5. The minimum atomic E-state index is -0.213. The van der Waals surface area contributed by atoms with Gasteiger partial charge in [0, 0.05) is 0 Å². The highest BCUT2D eigenvalue weighted by Crippen LogP contribution is 2.39. The van der Waals surface area contributed by atoms with Crippen molar-refractivity contribution in [3.63, 3.8) is 0 Å². The minimum Gasteiger partial charge on any atom is -0.490 e. The van der Waals surface area contributed by atoms with Crippen LogP contribution in [0, 0.1) is 0 Å². The number of carbonyl (C=O) groups excluding carboxylic acids is 1. The fraction of sp³-hybridized carbons (Fsp3) is 0.130. The maximum Gasteiger partial charge on any atom is 0.263 e. The van der Waals surface area contributed by atoms with Crippen molar-refractivity contribution in [2.75, 3.05) is 6.61 Å². The van der Waals surface area contributed by atoms with Gasteiger partial charge in [-0.25, -0.2) is 0 Å². The van der Waals surface area contributed by atoms with Gasteiger partial charge < -0.3 is 14.8 Å². The van der Waals surface area contributed by atoms with Crippen LogP contribution >= 0.6 is 35.6 Å². The summed E-state index contributed by atoms with van der Waals surface area (Å²) in [6.07, 6.45) is 1.74. The van der Waals surface area contributed by atoms with E-state index in [-0.39, 0.29) is 5.91 Å². The number of nitrogens with one attached hydrogen (secondary N) is 1. The Morgan fingerprint density at radius 2 is 1.93 bits per heavy atom. The first-order chi connectivity index (χ1) is 14.5. The predicted molar refractivity (Wildman–Crippen MR) is 127 cm³/mol. The van der Waals surface area contributed by atoms with E-state index in [0.717, 1.165) is 21.9 Å². The lowest BCUT2D eigenvalue weighted by atomic mass is 10.1. The summed E-state index contributed by atoms with van der Waals surface area (Å²) in [5.41, 5.74) is 1.80. The van der Waals surface area contributed by atoms with Gasteiger partial charge in [0.25, 0.3) is 5.91 Å². The second-order valence-electron chi connectivity index (χ2n) is 6.54. The van der Waals surface area contributed by atoms with Crippen LogP contribution in [0.25, 0.3) is 16.8 Å². The molecule has 0 aromatic heterocycles. The van der Waals surface area contributed by atoms with E-state index in [4.69, 9.17) is 33.3 Å². The van der Waals surface area contributed by atoms with E-state index in [1.807, 2.05) is 37.3 Å². The van der Waals surface area contributed by atoms with Crippen molar-refractivity contribution in [3.8, 4) is 11.5 Å². The number of ether oxygens (including phenoxy) is 2. The lowest BCUT2D eigenvalue weighted by Gasteiger charge is -2.15. The maximum absolute atomic E-state index is 11.9. The Labute approximate surface area is 189 Å². The minimum absolute atomic E-state index is 0.213. The number of benzene rings is 3. The molecule has 0 bridgehead atoms. The molecule has 0 spiro atoms. The first-order valence-corrected chi connectivity index (χ1v) is 11.0. The van der Waals surface area contributed by atoms with Gasteiger partial charge in [0.05, 0.1) is 16.5 Å². The fourth-order valence-corrected chi connectivity index (χ4v) is 4.53. The van der Waals surface area contributed by atoms with Gasteiger partial charge >= 0.3 is 0 Å². The van der Waals surface area contributed by atoms with E-state index < -0.39 is 0 Å². The van der Waals surface area contributed by atoms with Crippen molar-refractivity contribution in [2.45, 2.75) is 13.5 Å². The normalized spacial score (nSPS) is 14.9. The van der Waals surface area contributed by atoms with Crippen LogP contribution in [0.1, 0.15) is 18.1 Å². The molecule has 1 heterocycles.